The van der Waals surface area contributed by atoms with Crippen molar-refractivity contribution in [2.45, 2.75) is 17.9 Å². The van der Waals surface area contributed by atoms with E-state index in [0.29, 0.717) is 11.6 Å². The molecule has 0 spiro atoms. The summed E-state index contributed by atoms with van der Waals surface area (Å²) in [6.45, 7) is 1.54. The second kappa shape index (κ2) is 5.58. The summed E-state index contributed by atoms with van der Waals surface area (Å²) in [6, 6.07) is 1.65. The topological polar surface area (TPSA) is 118 Å². The number of aromatic amines is 1. The van der Waals surface area contributed by atoms with Gasteiger partial charge in [-0.1, -0.05) is 0 Å². The van der Waals surface area contributed by atoms with Crippen molar-refractivity contribution in [3.63, 3.8) is 0 Å². The zero-order chi connectivity index (χ0) is 15.6. The number of rotatable bonds is 5. The summed E-state index contributed by atoms with van der Waals surface area (Å²) >= 11 is 0. The first-order valence-electron chi connectivity index (χ1n) is 5.76. The Morgan fingerprint density at radius 2 is 2.19 bits per heavy atom. The summed E-state index contributed by atoms with van der Waals surface area (Å²) < 4.78 is 40.2. The molecule has 8 nitrogen and oxygen atoms in total. The molecule has 2 rings (SSSR count). The maximum atomic E-state index is 13.7. The highest BCUT2D eigenvalue weighted by molar-refractivity contribution is 7.89. The zero-order valence-electron chi connectivity index (χ0n) is 10.8. The molecule has 0 radical (unpaired) electrons. The highest BCUT2D eigenvalue weighted by Gasteiger charge is 2.25. The fourth-order valence-electron chi connectivity index (χ4n) is 1.67. The first-order valence-corrected chi connectivity index (χ1v) is 7.24. The molecular weight excluding hydrogens is 303 g/mol. The highest BCUT2D eigenvalue weighted by Crippen LogP contribution is 2.23. The lowest BCUT2D eigenvalue weighted by atomic mass is 10.2. The van der Waals surface area contributed by atoms with Gasteiger partial charge in [-0.25, -0.2) is 17.5 Å². The van der Waals surface area contributed by atoms with Crippen LogP contribution in [0.5, 0.6) is 0 Å². The quantitative estimate of drug-likeness (QED) is 0.640. The summed E-state index contributed by atoms with van der Waals surface area (Å²) in [6.07, 6.45) is 2.90. The molecule has 2 N–H and O–H groups in total. The van der Waals surface area contributed by atoms with Gasteiger partial charge in [-0.05, 0) is 13.0 Å². The predicted octanol–water partition coefficient (Wildman–Crippen LogP) is 1.50. The smallest absolute Gasteiger partial charge is 0.270 e. The molecule has 10 heteroatoms. The van der Waals surface area contributed by atoms with Gasteiger partial charge in [0.25, 0.3) is 5.69 Å². The number of nitro benzene ring substituents is 1. The van der Waals surface area contributed by atoms with Crippen molar-refractivity contribution in [3.05, 3.63) is 52.1 Å². The Bertz CT molecular complexity index is 761. The minimum Gasteiger partial charge on any atom is -0.285 e. The molecule has 112 valence electrons. The maximum absolute atomic E-state index is 13.7. The van der Waals surface area contributed by atoms with Crippen molar-refractivity contribution >= 4 is 15.7 Å². The van der Waals surface area contributed by atoms with E-state index in [-0.39, 0.29) is 0 Å². The van der Waals surface area contributed by atoms with Crippen LogP contribution in [0, 0.1) is 15.9 Å². The Morgan fingerprint density at radius 1 is 1.48 bits per heavy atom. The lowest BCUT2D eigenvalue weighted by Gasteiger charge is -2.13. The Balaban J connectivity index is 2.35. The van der Waals surface area contributed by atoms with Crippen LogP contribution in [-0.2, 0) is 10.0 Å². The van der Waals surface area contributed by atoms with E-state index in [0.717, 1.165) is 12.1 Å². The molecule has 0 aliphatic carbocycles. The average molecular weight is 314 g/mol. The van der Waals surface area contributed by atoms with Gasteiger partial charge in [0.2, 0.25) is 10.0 Å². The molecule has 0 bridgehead atoms. The number of nitro groups is 1. The summed E-state index contributed by atoms with van der Waals surface area (Å²) in [5.41, 5.74) is 0.0390. The van der Waals surface area contributed by atoms with E-state index < -0.39 is 37.4 Å². The Hall–Kier alpha value is -2.33. The van der Waals surface area contributed by atoms with E-state index in [4.69, 9.17) is 0 Å². The zero-order valence-corrected chi connectivity index (χ0v) is 11.6. The van der Waals surface area contributed by atoms with Crippen LogP contribution in [-0.4, -0.2) is 23.5 Å². The number of benzene rings is 1. The highest BCUT2D eigenvalue weighted by atomic mass is 32.2. The molecule has 1 heterocycles. The lowest BCUT2D eigenvalue weighted by molar-refractivity contribution is -0.385. The molecule has 0 fully saturated rings. The summed E-state index contributed by atoms with van der Waals surface area (Å²) in [5, 5.41) is 16.9. The number of sulfonamides is 1. The molecule has 0 aliphatic rings. The third-order valence-electron chi connectivity index (χ3n) is 2.77. The third-order valence-corrected chi connectivity index (χ3v) is 4.32. The minimum absolute atomic E-state index is 0.507. The first kappa shape index (κ1) is 15.1. The number of aromatic nitrogens is 2. The third kappa shape index (κ3) is 3.23. The largest absolute Gasteiger partial charge is 0.285 e. The molecule has 0 saturated carbocycles. The molecule has 1 aromatic carbocycles. The van der Waals surface area contributed by atoms with E-state index in [2.05, 4.69) is 14.9 Å². The van der Waals surface area contributed by atoms with Crippen molar-refractivity contribution in [2.75, 3.05) is 0 Å². The van der Waals surface area contributed by atoms with Crippen LogP contribution in [0.3, 0.4) is 0 Å². The van der Waals surface area contributed by atoms with Gasteiger partial charge in [-0.15, -0.1) is 0 Å². The Morgan fingerprint density at radius 3 is 2.76 bits per heavy atom. The van der Waals surface area contributed by atoms with Crippen molar-refractivity contribution in [3.8, 4) is 0 Å². The number of hydrogen-bond donors (Lipinski definition) is 2. The molecule has 2 aromatic rings. The standard InChI is InChI=1S/C11H11FN4O4S/c1-7(8-5-13-14-6-8)15-21(19,20)11-4-9(16(17)18)2-3-10(11)12/h2-7,15H,1H3,(H,13,14). The van der Waals surface area contributed by atoms with Crippen molar-refractivity contribution in [1.82, 2.24) is 14.9 Å². The number of halogens is 1. The van der Waals surface area contributed by atoms with Crippen molar-refractivity contribution in [2.24, 2.45) is 0 Å². The van der Waals surface area contributed by atoms with Gasteiger partial charge in [0, 0.05) is 29.9 Å². The first-order chi connectivity index (χ1) is 9.81. The minimum atomic E-state index is -4.24. The number of hydrogen-bond acceptors (Lipinski definition) is 5. The Labute approximate surface area is 119 Å². The van der Waals surface area contributed by atoms with Crippen LogP contribution in [0.2, 0.25) is 0 Å². The molecule has 1 atom stereocenters. The van der Waals surface area contributed by atoms with Gasteiger partial charge in [0.15, 0.2) is 0 Å². The number of non-ortho nitro benzene ring substituents is 1. The van der Waals surface area contributed by atoms with Gasteiger partial charge in [-0.2, -0.15) is 5.10 Å². The molecule has 0 aliphatic heterocycles. The molecular formula is C11H11FN4O4S. The van der Waals surface area contributed by atoms with E-state index >= 15 is 0 Å². The molecule has 1 aromatic heterocycles. The van der Waals surface area contributed by atoms with Crippen LogP contribution in [0.1, 0.15) is 18.5 Å². The van der Waals surface area contributed by atoms with Crippen LogP contribution in [0.4, 0.5) is 10.1 Å². The molecule has 21 heavy (non-hydrogen) atoms. The number of H-pyrrole nitrogens is 1. The van der Waals surface area contributed by atoms with Gasteiger partial charge in [0.1, 0.15) is 10.7 Å². The van der Waals surface area contributed by atoms with E-state index in [9.17, 15) is 22.9 Å². The molecule has 0 saturated heterocycles. The van der Waals surface area contributed by atoms with Crippen molar-refractivity contribution < 1.29 is 17.7 Å². The summed E-state index contributed by atoms with van der Waals surface area (Å²) in [7, 11) is -4.24. The van der Waals surface area contributed by atoms with Crippen LogP contribution < -0.4 is 4.72 Å². The normalized spacial score (nSPS) is 13.0. The molecule has 1 unspecified atom stereocenters. The van der Waals surface area contributed by atoms with Gasteiger partial charge >= 0.3 is 0 Å². The van der Waals surface area contributed by atoms with E-state index in [1.807, 2.05) is 0 Å². The van der Waals surface area contributed by atoms with E-state index in [1.165, 1.54) is 19.3 Å². The lowest BCUT2D eigenvalue weighted by Crippen LogP contribution is -2.27. The summed E-state index contributed by atoms with van der Waals surface area (Å²) in [5.74, 6) is -1.06. The predicted molar refractivity (Wildman–Crippen MR) is 70.4 cm³/mol. The van der Waals surface area contributed by atoms with E-state index in [1.54, 1.807) is 0 Å². The van der Waals surface area contributed by atoms with Gasteiger partial charge < -0.3 is 0 Å². The van der Waals surface area contributed by atoms with Gasteiger partial charge in [-0.3, -0.25) is 15.2 Å². The fraction of sp³-hybridized carbons (Fsp3) is 0.182. The number of nitrogens with zero attached hydrogens (tertiary/aromatic N) is 2. The average Bonchev–Trinajstić information content (AvgIpc) is 2.92. The molecule has 0 amide bonds. The van der Waals surface area contributed by atoms with Crippen LogP contribution in [0.15, 0.2) is 35.5 Å². The SMILES string of the molecule is CC(NS(=O)(=O)c1cc([N+](=O)[O-])ccc1F)c1cn[nH]c1. The summed E-state index contributed by atoms with van der Waals surface area (Å²) in [4.78, 5) is 9.09. The monoisotopic (exact) mass is 314 g/mol. The Kier molecular flexibility index (Phi) is 4.00. The van der Waals surface area contributed by atoms with Crippen molar-refractivity contribution in [1.29, 1.82) is 0 Å². The van der Waals surface area contributed by atoms with Gasteiger partial charge in [0.05, 0.1) is 11.1 Å². The second-order valence-corrected chi connectivity index (χ2v) is 5.93. The second-order valence-electron chi connectivity index (χ2n) is 4.25. The number of nitrogens with one attached hydrogen (secondary N) is 2. The maximum Gasteiger partial charge on any atom is 0.270 e. The fourth-order valence-corrected chi connectivity index (χ4v) is 3.00. The van der Waals surface area contributed by atoms with Crippen LogP contribution in [0.25, 0.3) is 0 Å². The van der Waals surface area contributed by atoms with Crippen LogP contribution >= 0.6 is 0 Å².